The number of halogens is 4. The number of fused-ring (bicyclic) bond motifs is 4. The zero-order valence-corrected chi connectivity index (χ0v) is 15.8. The Kier molecular flexibility index (Phi) is 4.26. The van der Waals surface area contributed by atoms with E-state index in [0.717, 1.165) is 16.0 Å². The Balaban J connectivity index is 1.58. The fourth-order valence-electron chi connectivity index (χ4n) is 3.80. The van der Waals surface area contributed by atoms with Crippen molar-refractivity contribution in [3.05, 3.63) is 52.6 Å². The van der Waals surface area contributed by atoms with Crippen molar-refractivity contribution >= 4 is 28.3 Å². The molecule has 1 aromatic carbocycles. The highest BCUT2D eigenvalue weighted by molar-refractivity contribution is 6.07. The molecule has 7 nitrogen and oxygen atoms in total. The Morgan fingerprint density at radius 2 is 1.94 bits per heavy atom. The van der Waals surface area contributed by atoms with Crippen LogP contribution in [0, 0.1) is 5.82 Å². The van der Waals surface area contributed by atoms with E-state index in [1.54, 1.807) is 0 Å². The predicted molar refractivity (Wildman–Crippen MR) is 101 cm³/mol. The molecule has 0 radical (unpaired) electrons. The van der Waals surface area contributed by atoms with E-state index < -0.39 is 23.5 Å². The van der Waals surface area contributed by atoms with Crippen LogP contribution in [0.3, 0.4) is 0 Å². The van der Waals surface area contributed by atoms with Crippen molar-refractivity contribution in [1.29, 1.82) is 0 Å². The maximum absolute atomic E-state index is 14.6. The number of nitrogens with zero attached hydrogens (tertiary/aromatic N) is 3. The summed E-state index contributed by atoms with van der Waals surface area (Å²) in [5, 5.41) is 0.626. The lowest BCUT2D eigenvalue weighted by Gasteiger charge is -2.30. The van der Waals surface area contributed by atoms with Crippen LogP contribution in [0.5, 0.6) is 5.75 Å². The van der Waals surface area contributed by atoms with Gasteiger partial charge in [-0.1, -0.05) is 0 Å². The molecule has 1 amide bonds. The van der Waals surface area contributed by atoms with Crippen LogP contribution in [0.4, 0.5) is 29.1 Å². The summed E-state index contributed by atoms with van der Waals surface area (Å²) in [5.41, 5.74) is 6.38. The third-order valence-corrected chi connectivity index (χ3v) is 5.28. The fraction of sp³-hybridized carbons (Fsp3) is 0.250. The van der Waals surface area contributed by atoms with E-state index in [4.69, 9.17) is 15.2 Å². The van der Waals surface area contributed by atoms with Gasteiger partial charge in [0.05, 0.1) is 37.0 Å². The summed E-state index contributed by atoms with van der Waals surface area (Å²) in [6.07, 6.45) is -3.37. The molecule has 0 fully saturated rings. The summed E-state index contributed by atoms with van der Waals surface area (Å²) < 4.78 is 64.3. The van der Waals surface area contributed by atoms with E-state index in [-0.39, 0.29) is 30.3 Å². The Labute approximate surface area is 172 Å². The SMILES string of the molecule is Nc1nc2cnc(C(=O)N3CCOc4cc(C(F)(F)F)cc(F)c43)cc2c2c1COC2. The molecule has 0 saturated heterocycles. The Morgan fingerprint density at radius 3 is 2.71 bits per heavy atom. The van der Waals surface area contributed by atoms with Crippen LogP contribution < -0.4 is 15.4 Å². The second kappa shape index (κ2) is 6.77. The summed E-state index contributed by atoms with van der Waals surface area (Å²) in [4.78, 5) is 22.6. The molecule has 2 aromatic heterocycles. The number of benzene rings is 1. The van der Waals surface area contributed by atoms with Gasteiger partial charge in [0, 0.05) is 10.9 Å². The van der Waals surface area contributed by atoms with Crippen molar-refractivity contribution in [3.63, 3.8) is 0 Å². The molecule has 0 atom stereocenters. The predicted octanol–water partition coefficient (Wildman–Crippen LogP) is 3.44. The first kappa shape index (κ1) is 19.5. The van der Waals surface area contributed by atoms with E-state index >= 15 is 0 Å². The van der Waals surface area contributed by atoms with E-state index in [2.05, 4.69) is 9.97 Å². The van der Waals surface area contributed by atoms with Crippen molar-refractivity contribution in [2.45, 2.75) is 19.4 Å². The van der Waals surface area contributed by atoms with Crippen LogP contribution in [0.1, 0.15) is 27.2 Å². The summed E-state index contributed by atoms with van der Waals surface area (Å²) in [6, 6.07) is 2.54. The van der Waals surface area contributed by atoms with Gasteiger partial charge in [0.2, 0.25) is 0 Å². The van der Waals surface area contributed by atoms with Crippen LogP contribution in [0.15, 0.2) is 24.4 Å². The smallest absolute Gasteiger partial charge is 0.416 e. The molecule has 3 aromatic rings. The van der Waals surface area contributed by atoms with Gasteiger partial charge < -0.3 is 15.2 Å². The van der Waals surface area contributed by atoms with Crippen molar-refractivity contribution in [1.82, 2.24) is 9.97 Å². The molecule has 0 spiro atoms. The normalized spacial score (nSPS) is 15.5. The first-order valence-corrected chi connectivity index (χ1v) is 9.24. The Hall–Kier alpha value is -3.47. The van der Waals surface area contributed by atoms with Gasteiger partial charge in [-0.05, 0) is 23.8 Å². The second-order valence-corrected chi connectivity index (χ2v) is 7.14. The minimum absolute atomic E-state index is 0.0136. The third kappa shape index (κ3) is 3.12. The van der Waals surface area contributed by atoms with Gasteiger partial charge in [0.15, 0.2) is 5.82 Å². The van der Waals surface area contributed by atoms with Crippen LogP contribution in [-0.4, -0.2) is 29.0 Å². The number of hydrogen-bond acceptors (Lipinski definition) is 6. The maximum atomic E-state index is 14.6. The highest BCUT2D eigenvalue weighted by Crippen LogP contribution is 2.41. The monoisotopic (exact) mass is 434 g/mol. The zero-order valence-electron chi connectivity index (χ0n) is 15.8. The summed E-state index contributed by atoms with van der Waals surface area (Å²) in [6.45, 7) is 0.466. The van der Waals surface area contributed by atoms with Crippen LogP contribution in [0.25, 0.3) is 10.9 Å². The minimum Gasteiger partial charge on any atom is -0.489 e. The van der Waals surface area contributed by atoms with E-state index in [1.807, 2.05) is 0 Å². The van der Waals surface area contributed by atoms with Gasteiger partial charge in [0.25, 0.3) is 5.91 Å². The van der Waals surface area contributed by atoms with Crippen molar-refractivity contribution in [2.24, 2.45) is 0 Å². The molecule has 31 heavy (non-hydrogen) atoms. The molecular formula is C20H14F4N4O3. The molecule has 0 aliphatic carbocycles. The number of hydrogen-bond donors (Lipinski definition) is 1. The summed E-state index contributed by atoms with van der Waals surface area (Å²) >= 11 is 0. The van der Waals surface area contributed by atoms with Gasteiger partial charge in [-0.25, -0.2) is 14.4 Å². The van der Waals surface area contributed by atoms with Crippen LogP contribution >= 0.6 is 0 Å². The highest BCUT2D eigenvalue weighted by Gasteiger charge is 2.36. The van der Waals surface area contributed by atoms with Crippen molar-refractivity contribution < 1.29 is 31.8 Å². The molecule has 160 valence electrons. The number of aromatic nitrogens is 2. The largest absolute Gasteiger partial charge is 0.489 e. The van der Waals surface area contributed by atoms with E-state index in [1.165, 1.54) is 12.3 Å². The number of alkyl halides is 3. The average molecular weight is 434 g/mol. The number of pyridine rings is 2. The van der Waals surface area contributed by atoms with Gasteiger partial charge >= 0.3 is 6.18 Å². The van der Waals surface area contributed by atoms with Gasteiger partial charge in [-0.2, -0.15) is 13.2 Å². The average Bonchev–Trinajstić information content (AvgIpc) is 3.23. The molecule has 5 rings (SSSR count). The number of amides is 1. The molecule has 2 aliphatic heterocycles. The third-order valence-electron chi connectivity index (χ3n) is 5.28. The lowest BCUT2D eigenvalue weighted by atomic mass is 10.0. The lowest BCUT2D eigenvalue weighted by Crippen LogP contribution is -2.39. The van der Waals surface area contributed by atoms with E-state index in [9.17, 15) is 22.4 Å². The Morgan fingerprint density at radius 1 is 1.16 bits per heavy atom. The number of ether oxygens (including phenoxy) is 2. The topological polar surface area (TPSA) is 90.6 Å². The molecule has 0 unspecified atom stereocenters. The lowest BCUT2D eigenvalue weighted by molar-refractivity contribution is -0.137. The summed E-state index contributed by atoms with van der Waals surface area (Å²) in [7, 11) is 0. The van der Waals surface area contributed by atoms with Gasteiger partial charge in [-0.15, -0.1) is 0 Å². The molecule has 0 saturated carbocycles. The quantitative estimate of drug-likeness (QED) is 0.590. The van der Waals surface area contributed by atoms with Crippen molar-refractivity contribution in [2.75, 3.05) is 23.8 Å². The molecule has 4 heterocycles. The number of carbonyl (C=O) groups excluding carboxylic acids is 1. The number of carbonyl (C=O) groups is 1. The minimum atomic E-state index is -4.75. The van der Waals surface area contributed by atoms with E-state index in [0.29, 0.717) is 42.1 Å². The highest BCUT2D eigenvalue weighted by atomic mass is 19.4. The van der Waals surface area contributed by atoms with Gasteiger partial charge in [-0.3, -0.25) is 9.69 Å². The molecule has 11 heteroatoms. The van der Waals surface area contributed by atoms with Crippen molar-refractivity contribution in [3.8, 4) is 5.75 Å². The zero-order chi connectivity index (χ0) is 21.9. The first-order valence-electron chi connectivity index (χ1n) is 9.24. The van der Waals surface area contributed by atoms with Gasteiger partial charge in [0.1, 0.15) is 29.6 Å². The second-order valence-electron chi connectivity index (χ2n) is 7.14. The maximum Gasteiger partial charge on any atom is 0.416 e. The number of anilines is 2. The fourth-order valence-corrected chi connectivity index (χ4v) is 3.80. The molecule has 0 bridgehead atoms. The molecule has 2 N–H and O–H groups in total. The summed E-state index contributed by atoms with van der Waals surface area (Å²) in [5.74, 6) is -1.90. The number of nitrogens with two attached hydrogens (primary N) is 1. The molecular weight excluding hydrogens is 420 g/mol. The number of nitrogen functional groups attached to an aromatic ring is 1. The Bertz CT molecular complexity index is 1250. The standard InChI is InChI=1S/C20H14F4N4O3/c21-13-3-9(20(22,23)24)4-16-17(13)28(1-2-31-16)19(29)14-5-10-11-7-30-8-12(11)18(25)27-15(10)6-26-14/h3-6H,1-2,7-8H2,(H2,25,27). The first-order chi connectivity index (χ1) is 14.7. The van der Waals surface area contributed by atoms with Crippen LogP contribution in [-0.2, 0) is 24.1 Å². The number of rotatable bonds is 1. The molecule has 2 aliphatic rings. The van der Waals surface area contributed by atoms with Crippen LogP contribution in [0.2, 0.25) is 0 Å².